The van der Waals surface area contributed by atoms with E-state index in [1.807, 2.05) is 19.9 Å². The summed E-state index contributed by atoms with van der Waals surface area (Å²) < 4.78 is 0. The van der Waals surface area contributed by atoms with Gasteiger partial charge in [-0.05, 0) is 68.4 Å². The van der Waals surface area contributed by atoms with Crippen LogP contribution in [0.4, 0.5) is 5.69 Å². The van der Waals surface area contributed by atoms with E-state index in [9.17, 15) is 5.11 Å². The van der Waals surface area contributed by atoms with Gasteiger partial charge in [0.1, 0.15) is 5.75 Å². The Morgan fingerprint density at radius 1 is 1.10 bits per heavy atom. The van der Waals surface area contributed by atoms with Crippen LogP contribution in [0.1, 0.15) is 57.6 Å². The predicted molar refractivity (Wildman–Crippen MR) is 91.0 cm³/mol. The molecule has 1 aromatic rings. The number of hydrogen-bond acceptors (Lipinski definition) is 2. The molecule has 0 amide bonds. The Labute approximate surface area is 130 Å². The summed E-state index contributed by atoms with van der Waals surface area (Å²) in [4.78, 5) is 0. The van der Waals surface area contributed by atoms with Crippen LogP contribution in [0.2, 0.25) is 0 Å². The highest BCUT2D eigenvalue weighted by Gasteiger charge is 2.29. The van der Waals surface area contributed by atoms with E-state index >= 15 is 0 Å². The lowest BCUT2D eigenvalue weighted by Crippen LogP contribution is -2.28. The van der Waals surface area contributed by atoms with Crippen molar-refractivity contribution in [1.29, 1.82) is 0 Å². The normalized spacial score (nSPS) is 23.1. The number of anilines is 1. The molecule has 1 saturated carbocycles. The molecule has 21 heavy (non-hydrogen) atoms. The van der Waals surface area contributed by atoms with Gasteiger partial charge in [0.15, 0.2) is 0 Å². The molecule has 0 saturated heterocycles. The number of aromatic hydroxyl groups is 1. The van der Waals surface area contributed by atoms with Crippen molar-refractivity contribution < 1.29 is 5.11 Å². The van der Waals surface area contributed by atoms with Crippen LogP contribution in [0.25, 0.3) is 0 Å². The quantitative estimate of drug-likeness (QED) is 0.794. The molecule has 2 rings (SSSR count). The van der Waals surface area contributed by atoms with Crippen molar-refractivity contribution in [1.82, 2.24) is 0 Å². The van der Waals surface area contributed by atoms with Crippen molar-refractivity contribution in [3.8, 4) is 5.75 Å². The van der Waals surface area contributed by atoms with E-state index in [2.05, 4.69) is 32.2 Å². The van der Waals surface area contributed by atoms with Crippen molar-refractivity contribution in [3.05, 3.63) is 23.3 Å². The second-order valence-electron chi connectivity index (χ2n) is 7.87. The van der Waals surface area contributed by atoms with E-state index in [0.29, 0.717) is 11.2 Å². The molecule has 1 fully saturated rings. The molecule has 2 heteroatoms. The molecule has 118 valence electrons. The minimum absolute atomic E-state index is 0.427. The zero-order chi connectivity index (χ0) is 15.6. The average molecular weight is 289 g/mol. The fourth-order valence-corrected chi connectivity index (χ4v) is 3.51. The average Bonchev–Trinajstić information content (AvgIpc) is 2.43. The van der Waals surface area contributed by atoms with Crippen LogP contribution in [0.5, 0.6) is 5.75 Å². The lowest BCUT2D eigenvalue weighted by Gasteiger charge is -2.37. The number of rotatable bonds is 3. The van der Waals surface area contributed by atoms with Gasteiger partial charge in [-0.1, -0.05) is 26.8 Å². The highest BCUT2D eigenvalue weighted by molar-refractivity contribution is 5.59. The molecule has 0 unspecified atom stereocenters. The molecule has 0 aliphatic heterocycles. The summed E-state index contributed by atoms with van der Waals surface area (Å²) in [5, 5.41) is 13.6. The maximum atomic E-state index is 10.0. The third-order valence-corrected chi connectivity index (χ3v) is 5.29. The first-order valence-corrected chi connectivity index (χ1v) is 8.32. The van der Waals surface area contributed by atoms with Gasteiger partial charge in [-0.2, -0.15) is 0 Å². The molecule has 2 nitrogen and oxygen atoms in total. The van der Waals surface area contributed by atoms with Crippen LogP contribution in [-0.2, 0) is 0 Å². The number of aryl methyl sites for hydroxylation is 1. The molecular weight excluding hydrogens is 258 g/mol. The zero-order valence-electron chi connectivity index (χ0n) is 14.3. The first-order chi connectivity index (χ1) is 9.79. The van der Waals surface area contributed by atoms with Crippen molar-refractivity contribution >= 4 is 5.69 Å². The molecule has 0 atom stereocenters. The molecule has 2 N–H and O–H groups in total. The van der Waals surface area contributed by atoms with Gasteiger partial charge in [-0.25, -0.2) is 0 Å². The van der Waals surface area contributed by atoms with Crippen LogP contribution >= 0.6 is 0 Å². The second-order valence-corrected chi connectivity index (χ2v) is 7.87. The zero-order valence-corrected chi connectivity index (χ0v) is 14.3. The van der Waals surface area contributed by atoms with Crippen molar-refractivity contribution in [3.63, 3.8) is 0 Å². The maximum Gasteiger partial charge on any atom is 0.123 e. The summed E-state index contributed by atoms with van der Waals surface area (Å²) in [6, 6.07) is 4.08. The second kappa shape index (κ2) is 6.29. The summed E-state index contributed by atoms with van der Waals surface area (Å²) in [7, 11) is 0. The predicted octanol–water partition coefficient (Wildman–Crippen LogP) is 5.27. The van der Waals surface area contributed by atoms with E-state index in [0.717, 1.165) is 35.2 Å². The summed E-state index contributed by atoms with van der Waals surface area (Å²) in [5.41, 5.74) is 3.45. The summed E-state index contributed by atoms with van der Waals surface area (Å²) in [6.45, 7) is 12.1. The Kier molecular flexibility index (Phi) is 4.85. The molecule has 1 aromatic carbocycles. The molecular formula is C19H31NO. The first kappa shape index (κ1) is 16.2. The van der Waals surface area contributed by atoms with Gasteiger partial charge < -0.3 is 10.4 Å². The van der Waals surface area contributed by atoms with E-state index in [4.69, 9.17) is 0 Å². The van der Waals surface area contributed by atoms with Crippen molar-refractivity contribution in [2.75, 3.05) is 11.9 Å². The minimum Gasteiger partial charge on any atom is -0.507 e. The van der Waals surface area contributed by atoms with Gasteiger partial charge >= 0.3 is 0 Å². The number of phenolic OH excluding ortho intramolecular Hbond substituents is 1. The Morgan fingerprint density at radius 2 is 1.71 bits per heavy atom. The van der Waals surface area contributed by atoms with Gasteiger partial charge in [0.05, 0.1) is 0 Å². The Hall–Kier alpha value is -1.18. The van der Waals surface area contributed by atoms with Gasteiger partial charge in [0.2, 0.25) is 0 Å². The number of phenols is 1. The van der Waals surface area contributed by atoms with E-state index < -0.39 is 0 Å². The summed E-state index contributed by atoms with van der Waals surface area (Å²) in [5.74, 6) is 2.07. The molecule has 0 aromatic heterocycles. The molecule has 1 aliphatic rings. The third-order valence-electron chi connectivity index (χ3n) is 5.29. The topological polar surface area (TPSA) is 32.3 Å². The van der Waals surface area contributed by atoms with Gasteiger partial charge in [-0.15, -0.1) is 0 Å². The molecule has 0 heterocycles. The highest BCUT2D eigenvalue weighted by Crippen LogP contribution is 2.40. The summed E-state index contributed by atoms with van der Waals surface area (Å²) >= 11 is 0. The number of nitrogens with one attached hydrogen (secondary N) is 1. The lowest BCUT2D eigenvalue weighted by atomic mass is 9.70. The van der Waals surface area contributed by atoms with Crippen molar-refractivity contribution in [2.24, 2.45) is 17.3 Å². The van der Waals surface area contributed by atoms with Crippen LogP contribution in [0.15, 0.2) is 12.1 Å². The fourth-order valence-electron chi connectivity index (χ4n) is 3.51. The molecule has 0 radical (unpaired) electrons. The first-order valence-electron chi connectivity index (χ1n) is 8.32. The molecule has 1 aliphatic carbocycles. The molecule has 0 spiro atoms. The monoisotopic (exact) mass is 289 g/mol. The maximum absolute atomic E-state index is 10.0. The van der Waals surface area contributed by atoms with Gasteiger partial charge in [0.25, 0.3) is 0 Å². The van der Waals surface area contributed by atoms with E-state index in [1.54, 1.807) is 0 Å². The van der Waals surface area contributed by atoms with Crippen LogP contribution < -0.4 is 5.32 Å². The Bertz CT molecular complexity index is 479. The SMILES string of the molecule is Cc1ccc(NCC2CCC(C(C)(C)C)CC2)c(C)c1O. The fraction of sp³-hybridized carbons (Fsp3) is 0.684. The molecule has 0 bridgehead atoms. The third kappa shape index (κ3) is 3.93. The Morgan fingerprint density at radius 3 is 2.29 bits per heavy atom. The largest absolute Gasteiger partial charge is 0.507 e. The van der Waals surface area contributed by atoms with Crippen molar-refractivity contribution in [2.45, 2.75) is 60.3 Å². The Balaban J connectivity index is 1.87. The van der Waals surface area contributed by atoms with Crippen LogP contribution in [0.3, 0.4) is 0 Å². The van der Waals surface area contributed by atoms with E-state index in [1.165, 1.54) is 25.7 Å². The summed E-state index contributed by atoms with van der Waals surface area (Å²) in [6.07, 6.45) is 5.36. The van der Waals surface area contributed by atoms with Crippen LogP contribution in [0, 0.1) is 31.1 Å². The smallest absolute Gasteiger partial charge is 0.123 e. The van der Waals surface area contributed by atoms with Gasteiger partial charge in [0, 0.05) is 17.8 Å². The number of hydrogen-bond donors (Lipinski definition) is 2. The number of benzene rings is 1. The standard InChI is InChI=1S/C19H31NO/c1-13-6-11-17(14(2)18(13)21)20-12-15-7-9-16(10-8-15)19(3,4)5/h6,11,15-16,20-21H,7-10,12H2,1-5H3. The lowest BCUT2D eigenvalue weighted by molar-refractivity contribution is 0.153. The highest BCUT2D eigenvalue weighted by atomic mass is 16.3. The van der Waals surface area contributed by atoms with Crippen LogP contribution in [-0.4, -0.2) is 11.7 Å². The van der Waals surface area contributed by atoms with E-state index in [-0.39, 0.29) is 0 Å². The minimum atomic E-state index is 0.427. The van der Waals surface area contributed by atoms with Gasteiger partial charge in [-0.3, -0.25) is 0 Å².